The number of carbonyl (C=O) groups excluding carboxylic acids is 1. The summed E-state index contributed by atoms with van der Waals surface area (Å²) in [5.74, 6) is 1.76. The molecule has 0 atom stereocenters. The van der Waals surface area contributed by atoms with Crippen LogP contribution in [0.5, 0.6) is 17.2 Å². The maximum absolute atomic E-state index is 12.7. The Kier molecular flexibility index (Phi) is 6.90. The molecule has 1 amide bonds. The van der Waals surface area contributed by atoms with E-state index in [9.17, 15) is 4.79 Å². The number of rotatable bonds is 9. The fraction of sp³-hybridized carbons (Fsp3) is 0.174. The number of para-hydroxylation sites is 2. The fourth-order valence-electron chi connectivity index (χ4n) is 2.64. The maximum Gasteiger partial charge on any atom is 0.259 e. The van der Waals surface area contributed by atoms with Crippen LogP contribution in [0.1, 0.15) is 17.3 Å². The summed E-state index contributed by atoms with van der Waals surface area (Å²) in [6.45, 7) is 3.20. The third-order valence-electron chi connectivity index (χ3n) is 3.89. The average molecular weight is 377 g/mol. The first-order valence-electron chi connectivity index (χ1n) is 9.20. The van der Waals surface area contributed by atoms with E-state index in [-0.39, 0.29) is 5.91 Å². The van der Waals surface area contributed by atoms with Crippen molar-refractivity contribution in [2.45, 2.75) is 6.92 Å². The molecule has 0 saturated carbocycles. The van der Waals surface area contributed by atoms with E-state index in [1.54, 1.807) is 24.3 Å². The summed E-state index contributed by atoms with van der Waals surface area (Å²) in [6, 6.07) is 24.0. The lowest BCUT2D eigenvalue weighted by Crippen LogP contribution is -2.15. The topological polar surface area (TPSA) is 56.8 Å². The highest BCUT2D eigenvalue weighted by Crippen LogP contribution is 2.22. The van der Waals surface area contributed by atoms with E-state index in [4.69, 9.17) is 14.2 Å². The summed E-state index contributed by atoms with van der Waals surface area (Å²) >= 11 is 0. The second kappa shape index (κ2) is 10.0. The van der Waals surface area contributed by atoms with Gasteiger partial charge < -0.3 is 19.5 Å². The summed E-state index contributed by atoms with van der Waals surface area (Å²) in [6.07, 6.45) is 0. The predicted molar refractivity (Wildman–Crippen MR) is 109 cm³/mol. The van der Waals surface area contributed by atoms with Crippen molar-refractivity contribution in [1.29, 1.82) is 0 Å². The molecule has 1 N–H and O–H groups in total. The number of nitrogens with one attached hydrogen (secondary N) is 1. The van der Waals surface area contributed by atoms with Crippen LogP contribution in [-0.2, 0) is 0 Å². The number of amides is 1. The number of benzene rings is 3. The molecule has 0 aliphatic heterocycles. The zero-order valence-corrected chi connectivity index (χ0v) is 15.8. The molecule has 0 saturated heterocycles. The van der Waals surface area contributed by atoms with Crippen LogP contribution < -0.4 is 19.5 Å². The van der Waals surface area contributed by atoms with E-state index in [1.807, 2.05) is 61.5 Å². The Hall–Kier alpha value is -3.47. The summed E-state index contributed by atoms with van der Waals surface area (Å²) in [5.41, 5.74) is 1.13. The second-order valence-electron chi connectivity index (χ2n) is 5.92. The van der Waals surface area contributed by atoms with Crippen LogP contribution in [0.2, 0.25) is 0 Å². The molecule has 0 radical (unpaired) electrons. The van der Waals surface area contributed by atoms with Crippen molar-refractivity contribution >= 4 is 11.6 Å². The molecule has 0 spiro atoms. The minimum atomic E-state index is -0.242. The van der Waals surface area contributed by atoms with Gasteiger partial charge in [-0.25, -0.2) is 0 Å². The van der Waals surface area contributed by atoms with E-state index in [0.29, 0.717) is 42.6 Å². The molecule has 0 aliphatic rings. The summed E-state index contributed by atoms with van der Waals surface area (Å²) in [4.78, 5) is 12.7. The zero-order chi connectivity index (χ0) is 19.6. The average Bonchev–Trinajstić information content (AvgIpc) is 2.73. The third-order valence-corrected chi connectivity index (χ3v) is 3.89. The minimum Gasteiger partial charge on any atom is -0.494 e. The Labute approximate surface area is 164 Å². The van der Waals surface area contributed by atoms with Crippen LogP contribution in [0, 0.1) is 0 Å². The quantitative estimate of drug-likeness (QED) is 0.545. The van der Waals surface area contributed by atoms with Gasteiger partial charge in [0.2, 0.25) is 0 Å². The van der Waals surface area contributed by atoms with Crippen LogP contribution in [-0.4, -0.2) is 25.7 Å². The Bertz CT molecular complexity index is 896. The van der Waals surface area contributed by atoms with Crippen LogP contribution in [0.3, 0.4) is 0 Å². The molecule has 3 aromatic rings. The van der Waals surface area contributed by atoms with Crippen molar-refractivity contribution in [3.05, 3.63) is 84.4 Å². The Balaban J connectivity index is 1.59. The van der Waals surface area contributed by atoms with Crippen molar-refractivity contribution < 1.29 is 19.0 Å². The maximum atomic E-state index is 12.7. The largest absolute Gasteiger partial charge is 0.494 e. The molecule has 5 nitrogen and oxygen atoms in total. The lowest BCUT2D eigenvalue weighted by Gasteiger charge is -2.13. The predicted octanol–water partition coefficient (Wildman–Crippen LogP) is 4.80. The first-order chi connectivity index (χ1) is 13.8. The molecular formula is C23H23NO4. The van der Waals surface area contributed by atoms with Gasteiger partial charge in [-0.05, 0) is 43.3 Å². The van der Waals surface area contributed by atoms with Gasteiger partial charge >= 0.3 is 0 Å². The number of anilines is 1. The first-order valence-corrected chi connectivity index (χ1v) is 9.20. The van der Waals surface area contributed by atoms with Crippen LogP contribution >= 0.6 is 0 Å². The third kappa shape index (κ3) is 5.51. The standard InChI is InChI=1S/C23H23NO4/c1-2-26-20-12-8-9-18(17-20)24-23(25)21-13-6-7-14-22(21)28-16-15-27-19-10-4-3-5-11-19/h3-14,17H,2,15-16H2,1H3,(H,24,25). The van der Waals surface area contributed by atoms with Crippen molar-refractivity contribution in [3.63, 3.8) is 0 Å². The number of hydrogen-bond acceptors (Lipinski definition) is 4. The lowest BCUT2D eigenvalue weighted by atomic mass is 10.2. The Morgan fingerprint density at radius 2 is 1.50 bits per heavy atom. The number of carbonyl (C=O) groups is 1. The lowest BCUT2D eigenvalue weighted by molar-refractivity contribution is 0.102. The second-order valence-corrected chi connectivity index (χ2v) is 5.92. The smallest absolute Gasteiger partial charge is 0.259 e. The fourth-order valence-corrected chi connectivity index (χ4v) is 2.64. The van der Waals surface area contributed by atoms with Gasteiger partial charge in [0.25, 0.3) is 5.91 Å². The van der Waals surface area contributed by atoms with Crippen LogP contribution in [0.25, 0.3) is 0 Å². The molecule has 3 aromatic carbocycles. The highest BCUT2D eigenvalue weighted by atomic mass is 16.5. The number of hydrogen-bond donors (Lipinski definition) is 1. The Morgan fingerprint density at radius 3 is 2.32 bits per heavy atom. The number of ether oxygens (including phenoxy) is 3. The molecule has 0 unspecified atom stereocenters. The molecule has 5 heteroatoms. The van der Waals surface area contributed by atoms with Crippen molar-refractivity contribution in [2.24, 2.45) is 0 Å². The molecule has 28 heavy (non-hydrogen) atoms. The molecule has 0 heterocycles. The van der Waals surface area contributed by atoms with Crippen LogP contribution in [0.4, 0.5) is 5.69 Å². The minimum absolute atomic E-state index is 0.242. The van der Waals surface area contributed by atoms with E-state index in [2.05, 4.69) is 5.32 Å². The molecule has 0 aliphatic carbocycles. The molecular weight excluding hydrogens is 354 g/mol. The van der Waals surface area contributed by atoms with Gasteiger partial charge in [-0.1, -0.05) is 36.4 Å². The summed E-state index contributed by atoms with van der Waals surface area (Å²) < 4.78 is 16.9. The first kappa shape index (κ1) is 19.3. The van der Waals surface area contributed by atoms with Crippen molar-refractivity contribution in [1.82, 2.24) is 0 Å². The van der Waals surface area contributed by atoms with Crippen molar-refractivity contribution in [3.8, 4) is 17.2 Å². The molecule has 3 rings (SSSR count). The van der Waals surface area contributed by atoms with Crippen molar-refractivity contribution in [2.75, 3.05) is 25.1 Å². The highest BCUT2D eigenvalue weighted by molar-refractivity contribution is 6.06. The summed E-state index contributed by atoms with van der Waals surface area (Å²) in [7, 11) is 0. The normalized spacial score (nSPS) is 10.2. The van der Waals surface area contributed by atoms with Crippen LogP contribution in [0.15, 0.2) is 78.9 Å². The van der Waals surface area contributed by atoms with Gasteiger partial charge in [0.05, 0.1) is 12.2 Å². The van der Waals surface area contributed by atoms with E-state index in [1.165, 1.54) is 0 Å². The highest BCUT2D eigenvalue weighted by Gasteiger charge is 2.13. The monoisotopic (exact) mass is 377 g/mol. The molecule has 0 fully saturated rings. The van der Waals surface area contributed by atoms with Gasteiger partial charge in [-0.2, -0.15) is 0 Å². The van der Waals surface area contributed by atoms with Gasteiger partial charge in [-0.3, -0.25) is 4.79 Å². The van der Waals surface area contributed by atoms with Gasteiger partial charge in [0.15, 0.2) is 0 Å². The van der Waals surface area contributed by atoms with E-state index in [0.717, 1.165) is 5.75 Å². The van der Waals surface area contributed by atoms with E-state index >= 15 is 0 Å². The van der Waals surface area contributed by atoms with E-state index < -0.39 is 0 Å². The molecule has 144 valence electrons. The van der Waals surface area contributed by atoms with Gasteiger partial charge in [-0.15, -0.1) is 0 Å². The molecule has 0 aromatic heterocycles. The zero-order valence-electron chi connectivity index (χ0n) is 15.8. The molecule has 0 bridgehead atoms. The summed E-state index contributed by atoms with van der Waals surface area (Å²) in [5, 5.41) is 2.88. The van der Waals surface area contributed by atoms with Gasteiger partial charge in [0, 0.05) is 11.8 Å². The Morgan fingerprint density at radius 1 is 0.786 bits per heavy atom. The van der Waals surface area contributed by atoms with Gasteiger partial charge in [0.1, 0.15) is 30.5 Å². The SMILES string of the molecule is CCOc1cccc(NC(=O)c2ccccc2OCCOc2ccccc2)c1.